The fraction of sp³-hybridized carbons (Fsp3) is 0.136. The van der Waals surface area contributed by atoms with E-state index in [1.807, 2.05) is 72.8 Å². The first-order valence-electron chi connectivity index (χ1n) is 8.80. The Morgan fingerprint density at radius 2 is 1.59 bits per heavy atom. The molecule has 136 valence electrons. The molecule has 4 rings (SSSR count). The summed E-state index contributed by atoms with van der Waals surface area (Å²) >= 11 is 6.01. The number of fused-ring (bicyclic) bond motifs is 1. The molecule has 0 amide bonds. The summed E-state index contributed by atoms with van der Waals surface area (Å²) in [6.07, 6.45) is 0. The molecule has 1 heterocycles. The normalized spacial score (nSPS) is 10.9. The number of nitrogens with zero attached hydrogens (tertiary/aromatic N) is 2. The number of rotatable bonds is 7. The van der Waals surface area contributed by atoms with E-state index in [2.05, 4.69) is 10.6 Å². The Hall–Kier alpha value is -2.98. The third-order valence-electron chi connectivity index (χ3n) is 4.22. The van der Waals surface area contributed by atoms with E-state index in [1.54, 1.807) is 0 Å². The molecule has 0 atom stereocenters. The highest BCUT2D eigenvalue weighted by Gasteiger charge is 2.11. The van der Waals surface area contributed by atoms with Crippen LogP contribution in [-0.4, -0.2) is 16.2 Å². The van der Waals surface area contributed by atoms with Crippen molar-refractivity contribution in [3.8, 4) is 11.5 Å². The fourth-order valence-corrected chi connectivity index (χ4v) is 3.14. The number of halogens is 1. The van der Waals surface area contributed by atoms with Gasteiger partial charge >= 0.3 is 0 Å². The SMILES string of the molecule is Clc1cccc(OCCn2c(COc3ccccc3)nc3ccccc32)c1. The molecule has 0 fully saturated rings. The molecule has 0 radical (unpaired) electrons. The minimum Gasteiger partial charge on any atom is -0.492 e. The van der Waals surface area contributed by atoms with Crippen molar-refractivity contribution >= 4 is 22.6 Å². The van der Waals surface area contributed by atoms with Crippen LogP contribution in [0.1, 0.15) is 5.82 Å². The highest BCUT2D eigenvalue weighted by molar-refractivity contribution is 6.30. The molecule has 0 aliphatic heterocycles. The predicted molar refractivity (Wildman–Crippen MR) is 107 cm³/mol. The van der Waals surface area contributed by atoms with Gasteiger partial charge in [-0.25, -0.2) is 4.98 Å². The maximum absolute atomic E-state index is 6.01. The van der Waals surface area contributed by atoms with Gasteiger partial charge in [-0.2, -0.15) is 0 Å². The summed E-state index contributed by atoms with van der Waals surface area (Å²) in [5.41, 5.74) is 2.02. The van der Waals surface area contributed by atoms with Crippen LogP contribution in [-0.2, 0) is 13.2 Å². The van der Waals surface area contributed by atoms with Gasteiger partial charge in [0.2, 0.25) is 0 Å². The van der Waals surface area contributed by atoms with Crippen molar-refractivity contribution in [3.05, 3.63) is 89.7 Å². The molecule has 0 aliphatic carbocycles. The summed E-state index contributed by atoms with van der Waals surface area (Å²) in [5.74, 6) is 2.45. The van der Waals surface area contributed by atoms with Crippen molar-refractivity contribution in [2.45, 2.75) is 13.2 Å². The molecule has 0 saturated heterocycles. The third kappa shape index (κ3) is 4.23. The molecular weight excluding hydrogens is 360 g/mol. The first-order valence-corrected chi connectivity index (χ1v) is 9.18. The number of hydrogen-bond donors (Lipinski definition) is 0. The molecule has 0 N–H and O–H groups in total. The van der Waals surface area contributed by atoms with Crippen LogP contribution in [0.25, 0.3) is 11.0 Å². The maximum atomic E-state index is 6.01. The van der Waals surface area contributed by atoms with Crippen LogP contribution >= 0.6 is 11.6 Å². The molecule has 0 spiro atoms. The van der Waals surface area contributed by atoms with Crippen molar-refractivity contribution in [2.75, 3.05) is 6.61 Å². The monoisotopic (exact) mass is 378 g/mol. The summed E-state index contributed by atoms with van der Waals surface area (Å²) < 4.78 is 13.9. The Kier molecular flexibility index (Phi) is 5.26. The van der Waals surface area contributed by atoms with Crippen LogP contribution in [0.15, 0.2) is 78.9 Å². The zero-order chi connectivity index (χ0) is 18.5. The smallest absolute Gasteiger partial charge is 0.148 e. The second kappa shape index (κ2) is 8.14. The van der Waals surface area contributed by atoms with Gasteiger partial charge in [0.25, 0.3) is 0 Å². The summed E-state index contributed by atoms with van der Waals surface area (Å²) in [5, 5.41) is 0.664. The van der Waals surface area contributed by atoms with Gasteiger partial charge in [-0.3, -0.25) is 0 Å². The quantitative estimate of drug-likeness (QED) is 0.435. The predicted octanol–water partition coefficient (Wildman–Crippen LogP) is 5.35. The molecular formula is C22H19ClN2O2. The average molecular weight is 379 g/mol. The Balaban J connectivity index is 1.51. The molecule has 0 unspecified atom stereocenters. The Morgan fingerprint density at radius 1 is 0.815 bits per heavy atom. The van der Waals surface area contributed by atoms with Gasteiger partial charge in [0, 0.05) is 5.02 Å². The van der Waals surface area contributed by atoms with Gasteiger partial charge in [-0.05, 0) is 42.5 Å². The Labute approximate surface area is 162 Å². The number of benzene rings is 3. The minimum absolute atomic E-state index is 0.399. The molecule has 0 saturated carbocycles. The maximum Gasteiger partial charge on any atom is 0.148 e. The van der Waals surface area contributed by atoms with Gasteiger partial charge in [-0.1, -0.05) is 48.0 Å². The first kappa shape index (κ1) is 17.4. The zero-order valence-electron chi connectivity index (χ0n) is 14.7. The fourth-order valence-electron chi connectivity index (χ4n) is 2.96. The van der Waals surface area contributed by atoms with Gasteiger partial charge in [0.05, 0.1) is 17.6 Å². The van der Waals surface area contributed by atoms with E-state index in [9.17, 15) is 0 Å². The van der Waals surface area contributed by atoms with Crippen LogP contribution in [0.2, 0.25) is 5.02 Å². The molecule has 1 aromatic heterocycles. The molecule has 4 nitrogen and oxygen atoms in total. The van der Waals surface area contributed by atoms with Crippen molar-refractivity contribution < 1.29 is 9.47 Å². The topological polar surface area (TPSA) is 36.3 Å². The minimum atomic E-state index is 0.399. The van der Waals surface area contributed by atoms with E-state index in [0.29, 0.717) is 24.8 Å². The van der Waals surface area contributed by atoms with Crippen molar-refractivity contribution in [1.29, 1.82) is 0 Å². The largest absolute Gasteiger partial charge is 0.492 e. The average Bonchev–Trinajstić information content (AvgIpc) is 3.05. The van der Waals surface area contributed by atoms with Crippen LogP contribution in [0.4, 0.5) is 0 Å². The second-order valence-corrected chi connectivity index (χ2v) is 6.51. The molecule has 0 bridgehead atoms. The number of para-hydroxylation sites is 3. The molecule has 4 aromatic rings. The molecule has 27 heavy (non-hydrogen) atoms. The number of imidazole rings is 1. The van der Waals surface area contributed by atoms with Crippen molar-refractivity contribution in [1.82, 2.24) is 9.55 Å². The molecule has 5 heteroatoms. The van der Waals surface area contributed by atoms with E-state index in [-0.39, 0.29) is 0 Å². The van der Waals surface area contributed by atoms with Crippen LogP contribution in [0.5, 0.6) is 11.5 Å². The van der Waals surface area contributed by atoms with E-state index >= 15 is 0 Å². The van der Waals surface area contributed by atoms with E-state index < -0.39 is 0 Å². The number of hydrogen-bond acceptors (Lipinski definition) is 3. The van der Waals surface area contributed by atoms with Gasteiger partial charge in [0.15, 0.2) is 0 Å². The summed E-state index contributed by atoms with van der Waals surface area (Å²) in [6.45, 7) is 1.58. The van der Waals surface area contributed by atoms with E-state index in [4.69, 9.17) is 26.1 Å². The lowest BCUT2D eigenvalue weighted by molar-refractivity contribution is 0.272. The summed E-state index contributed by atoms with van der Waals surface area (Å²) in [7, 11) is 0. The van der Waals surface area contributed by atoms with Crippen LogP contribution < -0.4 is 9.47 Å². The number of ether oxygens (including phenoxy) is 2. The zero-order valence-corrected chi connectivity index (χ0v) is 15.5. The number of aromatic nitrogens is 2. The lowest BCUT2D eigenvalue weighted by Crippen LogP contribution is -2.13. The highest BCUT2D eigenvalue weighted by atomic mass is 35.5. The molecule has 3 aromatic carbocycles. The second-order valence-electron chi connectivity index (χ2n) is 6.08. The highest BCUT2D eigenvalue weighted by Crippen LogP contribution is 2.20. The molecule has 0 aliphatic rings. The van der Waals surface area contributed by atoms with Gasteiger partial charge in [-0.15, -0.1) is 0 Å². The summed E-state index contributed by atoms with van der Waals surface area (Å²) in [4.78, 5) is 4.73. The summed E-state index contributed by atoms with van der Waals surface area (Å²) in [6, 6.07) is 25.3. The van der Waals surface area contributed by atoms with Crippen molar-refractivity contribution in [2.24, 2.45) is 0 Å². The van der Waals surface area contributed by atoms with E-state index in [0.717, 1.165) is 28.4 Å². The Bertz CT molecular complexity index is 1030. The third-order valence-corrected chi connectivity index (χ3v) is 4.46. The van der Waals surface area contributed by atoms with Crippen LogP contribution in [0, 0.1) is 0 Å². The van der Waals surface area contributed by atoms with Gasteiger partial charge in [0.1, 0.15) is 30.5 Å². The van der Waals surface area contributed by atoms with Crippen molar-refractivity contribution in [3.63, 3.8) is 0 Å². The van der Waals surface area contributed by atoms with Crippen LogP contribution in [0.3, 0.4) is 0 Å². The standard InChI is InChI=1S/C22H19ClN2O2/c23-17-7-6-10-19(15-17)26-14-13-25-21-12-5-4-11-20(21)24-22(25)16-27-18-8-2-1-3-9-18/h1-12,15H,13-14,16H2. The first-order chi connectivity index (χ1) is 13.3. The van der Waals surface area contributed by atoms with Gasteiger partial charge < -0.3 is 14.0 Å². The van der Waals surface area contributed by atoms with E-state index in [1.165, 1.54) is 0 Å². The lowest BCUT2D eigenvalue weighted by atomic mass is 10.3. The lowest BCUT2D eigenvalue weighted by Gasteiger charge is -2.12. The Morgan fingerprint density at radius 3 is 2.44 bits per heavy atom.